The van der Waals surface area contributed by atoms with Crippen LogP contribution in [-0.2, 0) is 6.42 Å². The fourth-order valence-electron chi connectivity index (χ4n) is 1.67. The number of hydrogen-bond acceptors (Lipinski definition) is 2. The van der Waals surface area contributed by atoms with E-state index in [2.05, 4.69) is 37.9 Å². The summed E-state index contributed by atoms with van der Waals surface area (Å²) in [5, 5.41) is 7.10. The number of hydrogen-bond donors (Lipinski definition) is 2. The first-order valence-electron chi connectivity index (χ1n) is 5.35. The van der Waals surface area contributed by atoms with Gasteiger partial charge in [-0.05, 0) is 24.7 Å². The average molecular weight is 195 g/mol. The highest BCUT2D eigenvalue weighted by Crippen LogP contribution is 2.24. The minimum Gasteiger partial charge on any atom is -0.382 e. The highest BCUT2D eigenvalue weighted by Gasteiger charge is 2.13. The Kier molecular flexibility index (Phi) is 3.55. The number of nitrogens with one attached hydrogen (secondary N) is 1. The summed E-state index contributed by atoms with van der Waals surface area (Å²) in [6, 6.07) is 0. The zero-order valence-corrected chi connectivity index (χ0v) is 9.59. The summed E-state index contributed by atoms with van der Waals surface area (Å²) in [4.78, 5) is 0. The highest BCUT2D eigenvalue weighted by atomic mass is 15.2. The molecule has 3 N–H and O–H groups in total. The lowest BCUT2D eigenvalue weighted by Crippen LogP contribution is -1.99. The van der Waals surface area contributed by atoms with E-state index in [0.717, 1.165) is 12.3 Å². The molecular formula is C11H21N3. The van der Waals surface area contributed by atoms with E-state index >= 15 is 0 Å². The number of aromatic amines is 1. The summed E-state index contributed by atoms with van der Waals surface area (Å²) in [6.45, 7) is 8.77. The van der Waals surface area contributed by atoms with Gasteiger partial charge in [0, 0.05) is 11.3 Å². The Morgan fingerprint density at radius 2 is 1.93 bits per heavy atom. The Labute approximate surface area is 86.1 Å². The molecule has 1 aromatic heterocycles. The average Bonchev–Trinajstić information content (AvgIpc) is 2.43. The van der Waals surface area contributed by atoms with Crippen LogP contribution in [0.15, 0.2) is 0 Å². The molecular weight excluding hydrogens is 174 g/mol. The molecule has 1 aromatic rings. The summed E-state index contributed by atoms with van der Waals surface area (Å²) in [5.41, 5.74) is 8.22. The monoisotopic (exact) mass is 195 g/mol. The molecule has 0 saturated carbocycles. The number of anilines is 1. The van der Waals surface area contributed by atoms with Crippen LogP contribution in [0.2, 0.25) is 0 Å². The normalized spacial score (nSPS) is 11.6. The van der Waals surface area contributed by atoms with Crippen LogP contribution >= 0.6 is 0 Å². The van der Waals surface area contributed by atoms with Gasteiger partial charge in [-0.3, -0.25) is 5.10 Å². The molecule has 3 heteroatoms. The van der Waals surface area contributed by atoms with Gasteiger partial charge in [0.25, 0.3) is 0 Å². The van der Waals surface area contributed by atoms with Crippen molar-refractivity contribution in [1.29, 1.82) is 0 Å². The van der Waals surface area contributed by atoms with E-state index < -0.39 is 0 Å². The van der Waals surface area contributed by atoms with Crippen LogP contribution in [0.5, 0.6) is 0 Å². The van der Waals surface area contributed by atoms with E-state index in [9.17, 15) is 0 Å². The van der Waals surface area contributed by atoms with Crippen molar-refractivity contribution >= 4 is 5.82 Å². The van der Waals surface area contributed by atoms with Crippen molar-refractivity contribution in [2.75, 3.05) is 5.73 Å². The number of nitrogens with two attached hydrogens (primary N) is 1. The molecule has 80 valence electrons. The second kappa shape index (κ2) is 4.49. The largest absolute Gasteiger partial charge is 0.382 e. The van der Waals surface area contributed by atoms with Crippen molar-refractivity contribution in [3.8, 4) is 0 Å². The van der Waals surface area contributed by atoms with E-state index in [0.29, 0.717) is 11.7 Å². The van der Waals surface area contributed by atoms with E-state index in [4.69, 9.17) is 5.73 Å². The Bertz CT molecular complexity index is 287. The number of rotatable bonds is 4. The Hall–Kier alpha value is -0.990. The maximum Gasteiger partial charge on any atom is 0.148 e. The van der Waals surface area contributed by atoms with Gasteiger partial charge in [0.15, 0.2) is 0 Å². The summed E-state index contributed by atoms with van der Waals surface area (Å²) in [5.74, 6) is 1.84. The SMILES string of the molecule is CC(C)CCc1[nH]nc(N)c1C(C)C. The fraction of sp³-hybridized carbons (Fsp3) is 0.727. The number of aryl methyl sites for hydroxylation is 1. The molecule has 0 saturated heterocycles. The van der Waals surface area contributed by atoms with E-state index in [1.54, 1.807) is 0 Å². The van der Waals surface area contributed by atoms with Gasteiger partial charge < -0.3 is 5.73 Å². The number of nitrogens with zero attached hydrogens (tertiary/aromatic N) is 1. The van der Waals surface area contributed by atoms with Crippen LogP contribution in [0.25, 0.3) is 0 Å². The smallest absolute Gasteiger partial charge is 0.148 e. The highest BCUT2D eigenvalue weighted by molar-refractivity contribution is 5.44. The fourth-order valence-corrected chi connectivity index (χ4v) is 1.67. The van der Waals surface area contributed by atoms with Crippen molar-refractivity contribution in [2.45, 2.75) is 46.5 Å². The first-order valence-corrected chi connectivity index (χ1v) is 5.35. The summed E-state index contributed by atoms with van der Waals surface area (Å²) in [6.07, 6.45) is 2.23. The third-order valence-corrected chi connectivity index (χ3v) is 2.46. The topological polar surface area (TPSA) is 54.7 Å². The molecule has 0 fully saturated rings. The zero-order valence-electron chi connectivity index (χ0n) is 9.59. The van der Waals surface area contributed by atoms with Crippen LogP contribution in [0.1, 0.15) is 51.3 Å². The minimum atomic E-state index is 0.455. The molecule has 0 aromatic carbocycles. The van der Waals surface area contributed by atoms with Gasteiger partial charge in [-0.15, -0.1) is 0 Å². The van der Waals surface area contributed by atoms with E-state index in [1.807, 2.05) is 0 Å². The summed E-state index contributed by atoms with van der Waals surface area (Å²) >= 11 is 0. The lowest BCUT2D eigenvalue weighted by molar-refractivity contribution is 0.577. The van der Waals surface area contributed by atoms with Crippen molar-refractivity contribution < 1.29 is 0 Å². The van der Waals surface area contributed by atoms with Gasteiger partial charge in [-0.25, -0.2) is 0 Å². The van der Waals surface area contributed by atoms with Gasteiger partial charge in [0.1, 0.15) is 5.82 Å². The quantitative estimate of drug-likeness (QED) is 0.776. The molecule has 1 heterocycles. The van der Waals surface area contributed by atoms with Gasteiger partial charge in [0.05, 0.1) is 0 Å². The van der Waals surface area contributed by atoms with Crippen molar-refractivity contribution in [2.24, 2.45) is 5.92 Å². The number of nitrogen functional groups attached to an aromatic ring is 1. The van der Waals surface area contributed by atoms with Gasteiger partial charge in [-0.2, -0.15) is 5.10 Å². The maximum atomic E-state index is 5.81. The lowest BCUT2D eigenvalue weighted by atomic mass is 9.98. The van der Waals surface area contributed by atoms with Crippen molar-refractivity contribution in [3.05, 3.63) is 11.3 Å². The molecule has 0 unspecified atom stereocenters. The van der Waals surface area contributed by atoms with Crippen molar-refractivity contribution in [3.63, 3.8) is 0 Å². The van der Waals surface area contributed by atoms with E-state index in [1.165, 1.54) is 17.7 Å². The molecule has 3 nitrogen and oxygen atoms in total. The van der Waals surface area contributed by atoms with Crippen LogP contribution < -0.4 is 5.73 Å². The number of H-pyrrole nitrogens is 1. The van der Waals surface area contributed by atoms with E-state index in [-0.39, 0.29) is 0 Å². The zero-order chi connectivity index (χ0) is 10.7. The minimum absolute atomic E-state index is 0.455. The van der Waals surface area contributed by atoms with Gasteiger partial charge in [-0.1, -0.05) is 27.7 Å². The van der Waals surface area contributed by atoms with Crippen LogP contribution in [0.3, 0.4) is 0 Å². The third kappa shape index (κ3) is 2.50. The Morgan fingerprint density at radius 1 is 1.29 bits per heavy atom. The molecule has 1 rings (SSSR count). The molecule has 0 aliphatic heterocycles. The van der Waals surface area contributed by atoms with Gasteiger partial charge in [0.2, 0.25) is 0 Å². The molecule has 0 amide bonds. The third-order valence-electron chi connectivity index (χ3n) is 2.46. The standard InChI is InChI=1S/C11H21N3/c1-7(2)5-6-9-10(8(3)4)11(12)14-13-9/h7-8H,5-6H2,1-4H3,(H3,12,13,14). The molecule has 0 bridgehead atoms. The molecule has 14 heavy (non-hydrogen) atoms. The van der Waals surface area contributed by atoms with Crippen LogP contribution in [0, 0.1) is 5.92 Å². The molecule has 0 aliphatic carbocycles. The predicted octanol–water partition coefficient (Wildman–Crippen LogP) is 2.70. The van der Waals surface area contributed by atoms with Crippen LogP contribution in [-0.4, -0.2) is 10.2 Å². The molecule has 0 aliphatic rings. The molecule has 0 atom stereocenters. The summed E-state index contributed by atoms with van der Waals surface area (Å²) < 4.78 is 0. The second-order valence-corrected chi connectivity index (χ2v) is 4.59. The van der Waals surface area contributed by atoms with Gasteiger partial charge >= 0.3 is 0 Å². The number of aromatic nitrogens is 2. The Morgan fingerprint density at radius 3 is 2.43 bits per heavy atom. The predicted molar refractivity (Wildman–Crippen MR) is 60.2 cm³/mol. The van der Waals surface area contributed by atoms with Crippen molar-refractivity contribution in [1.82, 2.24) is 10.2 Å². The molecule has 0 radical (unpaired) electrons. The molecule has 0 spiro atoms. The first kappa shape index (κ1) is 11.1. The summed E-state index contributed by atoms with van der Waals surface area (Å²) in [7, 11) is 0. The Balaban J connectivity index is 2.76. The maximum absolute atomic E-state index is 5.81. The van der Waals surface area contributed by atoms with Crippen LogP contribution in [0.4, 0.5) is 5.82 Å². The first-order chi connectivity index (χ1) is 6.52. The second-order valence-electron chi connectivity index (χ2n) is 4.59. The lowest BCUT2D eigenvalue weighted by Gasteiger charge is -2.08.